The van der Waals surface area contributed by atoms with Gasteiger partial charge < -0.3 is 10.6 Å². The average Bonchev–Trinajstić information content (AvgIpc) is 2.82. The van der Waals surface area contributed by atoms with Crippen molar-refractivity contribution >= 4 is 21.6 Å². The number of nitrogens with zero attached hydrogens (tertiary/aromatic N) is 1. The van der Waals surface area contributed by atoms with Crippen molar-refractivity contribution in [1.29, 1.82) is 0 Å². The largest absolute Gasteiger partial charge is 0.326 e. The highest BCUT2D eigenvalue weighted by Crippen LogP contribution is 2.23. The van der Waals surface area contributed by atoms with Crippen LogP contribution < -0.4 is 10.5 Å². The summed E-state index contributed by atoms with van der Waals surface area (Å²) in [5.74, 6) is 0. The molecule has 1 fully saturated rings. The highest BCUT2D eigenvalue weighted by atomic mass is 35.5. The summed E-state index contributed by atoms with van der Waals surface area (Å²) in [6.07, 6.45) is 2.11. The van der Waals surface area contributed by atoms with Crippen LogP contribution in [0.15, 0.2) is 23.1 Å². The number of rotatable bonds is 5. The first-order valence-corrected chi connectivity index (χ1v) is 8.48. The molecule has 7 heteroatoms. The number of likely N-dealkylation sites (N-methyl/N-ethyl adjacent to an activating group) is 1. The molecule has 3 N–H and O–H groups in total. The maximum absolute atomic E-state index is 12.3. The van der Waals surface area contributed by atoms with E-state index in [0.29, 0.717) is 6.54 Å². The molecule has 0 aromatic heterocycles. The third kappa shape index (κ3) is 3.51. The third-order valence-corrected chi connectivity index (χ3v) is 5.61. The molecule has 1 aromatic rings. The Balaban J connectivity index is 2.13. The van der Waals surface area contributed by atoms with Crippen LogP contribution in [0.5, 0.6) is 0 Å². The smallest absolute Gasteiger partial charge is 0.242 e. The zero-order valence-electron chi connectivity index (χ0n) is 11.5. The minimum Gasteiger partial charge on any atom is -0.326 e. The van der Waals surface area contributed by atoms with Gasteiger partial charge in [0.05, 0.1) is 5.02 Å². The molecule has 1 aromatic carbocycles. The number of hydrogen-bond acceptors (Lipinski definition) is 4. The average molecular weight is 318 g/mol. The van der Waals surface area contributed by atoms with E-state index in [0.717, 1.165) is 24.9 Å². The van der Waals surface area contributed by atoms with E-state index in [1.807, 2.05) is 7.05 Å². The van der Waals surface area contributed by atoms with E-state index in [2.05, 4.69) is 9.62 Å². The molecule has 1 unspecified atom stereocenters. The molecule has 2 rings (SSSR count). The number of sulfonamides is 1. The van der Waals surface area contributed by atoms with Gasteiger partial charge in [-0.1, -0.05) is 17.7 Å². The Kier molecular flexibility index (Phi) is 5.04. The summed E-state index contributed by atoms with van der Waals surface area (Å²) in [6, 6.07) is 5.08. The molecular weight excluding hydrogens is 298 g/mol. The fourth-order valence-electron chi connectivity index (χ4n) is 2.40. The van der Waals surface area contributed by atoms with Crippen molar-refractivity contribution in [2.75, 3.05) is 20.1 Å². The van der Waals surface area contributed by atoms with Crippen LogP contribution in [0, 0.1) is 0 Å². The van der Waals surface area contributed by atoms with Gasteiger partial charge >= 0.3 is 0 Å². The lowest BCUT2D eigenvalue weighted by molar-refractivity contribution is 0.311. The molecule has 0 radical (unpaired) electrons. The number of benzene rings is 1. The number of halogens is 1. The van der Waals surface area contributed by atoms with Crippen LogP contribution >= 0.6 is 11.6 Å². The molecule has 1 aliphatic heterocycles. The summed E-state index contributed by atoms with van der Waals surface area (Å²) >= 11 is 5.99. The van der Waals surface area contributed by atoms with Gasteiger partial charge in [0, 0.05) is 19.1 Å². The van der Waals surface area contributed by atoms with E-state index in [4.69, 9.17) is 17.3 Å². The molecule has 0 aliphatic carbocycles. The lowest BCUT2D eigenvalue weighted by Crippen LogP contribution is -2.38. The van der Waals surface area contributed by atoms with Crippen molar-refractivity contribution in [3.05, 3.63) is 28.8 Å². The first kappa shape index (κ1) is 15.7. The fourth-order valence-corrected chi connectivity index (χ4v) is 4.02. The molecule has 0 saturated carbocycles. The Hall–Kier alpha value is -0.660. The minimum atomic E-state index is -3.60. The number of nitrogens with two attached hydrogens (primary N) is 1. The summed E-state index contributed by atoms with van der Waals surface area (Å²) < 4.78 is 27.3. The zero-order valence-corrected chi connectivity index (χ0v) is 13.0. The van der Waals surface area contributed by atoms with Crippen molar-refractivity contribution in [2.24, 2.45) is 5.73 Å². The van der Waals surface area contributed by atoms with Gasteiger partial charge in [0.25, 0.3) is 0 Å². The summed E-state index contributed by atoms with van der Waals surface area (Å²) in [5.41, 5.74) is 6.28. The van der Waals surface area contributed by atoms with E-state index in [1.54, 1.807) is 12.1 Å². The molecule has 1 heterocycles. The van der Waals surface area contributed by atoms with Gasteiger partial charge in [-0.05, 0) is 44.1 Å². The highest BCUT2D eigenvalue weighted by molar-refractivity contribution is 7.89. The van der Waals surface area contributed by atoms with Crippen molar-refractivity contribution in [2.45, 2.75) is 30.3 Å². The van der Waals surface area contributed by atoms with Gasteiger partial charge in [0.2, 0.25) is 10.0 Å². The molecular formula is C13H20ClN3O2S. The predicted octanol–water partition coefficient (Wildman–Crippen LogP) is 1.17. The zero-order chi connectivity index (χ0) is 14.8. The van der Waals surface area contributed by atoms with Gasteiger partial charge in [0.1, 0.15) is 4.90 Å². The molecule has 0 spiro atoms. The number of nitrogens with one attached hydrogen (secondary N) is 1. The van der Waals surface area contributed by atoms with Crippen molar-refractivity contribution in [3.8, 4) is 0 Å². The molecule has 0 bridgehead atoms. The molecule has 20 heavy (non-hydrogen) atoms. The van der Waals surface area contributed by atoms with Crippen molar-refractivity contribution < 1.29 is 8.42 Å². The second kappa shape index (κ2) is 6.41. The minimum absolute atomic E-state index is 0.0998. The molecule has 112 valence electrons. The molecule has 1 saturated heterocycles. The maximum Gasteiger partial charge on any atom is 0.242 e. The predicted molar refractivity (Wildman–Crippen MR) is 80.2 cm³/mol. The van der Waals surface area contributed by atoms with Crippen LogP contribution in [0.1, 0.15) is 18.4 Å². The second-order valence-electron chi connectivity index (χ2n) is 5.10. The first-order chi connectivity index (χ1) is 9.44. The summed E-state index contributed by atoms with van der Waals surface area (Å²) in [4.78, 5) is 2.27. The van der Waals surface area contributed by atoms with Crippen molar-refractivity contribution in [3.63, 3.8) is 0 Å². The Labute approximate surface area is 125 Å². The van der Waals surface area contributed by atoms with E-state index in [9.17, 15) is 8.42 Å². The number of likely N-dealkylation sites (tertiary alicyclic amines) is 1. The Morgan fingerprint density at radius 1 is 1.50 bits per heavy atom. The molecule has 1 aliphatic rings. The van der Waals surface area contributed by atoms with E-state index < -0.39 is 10.0 Å². The lowest BCUT2D eigenvalue weighted by Gasteiger charge is -2.20. The SMILES string of the molecule is CN1CCCC1CNS(=O)(=O)c1cc(CN)ccc1Cl. The first-order valence-electron chi connectivity index (χ1n) is 6.62. The van der Waals surface area contributed by atoms with Crippen LogP contribution in [0.4, 0.5) is 0 Å². The van der Waals surface area contributed by atoms with Gasteiger partial charge in [-0.2, -0.15) is 0 Å². The summed E-state index contributed by atoms with van der Waals surface area (Å²) in [5, 5.41) is 0.217. The van der Waals surface area contributed by atoms with Crippen LogP contribution in [-0.2, 0) is 16.6 Å². The van der Waals surface area contributed by atoms with Gasteiger partial charge in [-0.25, -0.2) is 13.1 Å². The fraction of sp³-hybridized carbons (Fsp3) is 0.538. The standard InChI is InChI=1S/C13H20ClN3O2S/c1-17-6-2-3-11(17)9-16-20(18,19)13-7-10(8-15)4-5-12(13)14/h4-5,7,11,16H,2-3,6,8-9,15H2,1H3. The topological polar surface area (TPSA) is 75.4 Å². The number of hydrogen-bond donors (Lipinski definition) is 2. The molecule has 5 nitrogen and oxygen atoms in total. The molecule has 1 atom stereocenters. The van der Waals surface area contributed by atoms with E-state index in [-0.39, 0.29) is 22.5 Å². The quantitative estimate of drug-likeness (QED) is 0.855. The Bertz CT molecular complexity index is 577. The van der Waals surface area contributed by atoms with Crippen LogP contribution in [0.2, 0.25) is 5.02 Å². The Morgan fingerprint density at radius 2 is 2.25 bits per heavy atom. The summed E-state index contributed by atoms with van der Waals surface area (Å²) in [6.45, 7) is 1.70. The highest BCUT2D eigenvalue weighted by Gasteiger charge is 2.24. The Morgan fingerprint density at radius 3 is 2.85 bits per heavy atom. The van der Waals surface area contributed by atoms with Gasteiger partial charge in [-0.3, -0.25) is 0 Å². The summed E-state index contributed by atoms with van der Waals surface area (Å²) in [7, 11) is -1.59. The van der Waals surface area contributed by atoms with Crippen LogP contribution in [0.3, 0.4) is 0 Å². The monoisotopic (exact) mass is 317 g/mol. The normalized spacial score (nSPS) is 20.4. The van der Waals surface area contributed by atoms with Gasteiger partial charge in [-0.15, -0.1) is 0 Å². The van der Waals surface area contributed by atoms with E-state index in [1.165, 1.54) is 6.07 Å². The lowest BCUT2D eigenvalue weighted by atomic mass is 10.2. The molecule has 0 amide bonds. The van der Waals surface area contributed by atoms with Crippen LogP contribution in [-0.4, -0.2) is 39.5 Å². The maximum atomic E-state index is 12.3. The van der Waals surface area contributed by atoms with Crippen molar-refractivity contribution in [1.82, 2.24) is 9.62 Å². The second-order valence-corrected chi connectivity index (χ2v) is 7.24. The van der Waals surface area contributed by atoms with Gasteiger partial charge in [0.15, 0.2) is 0 Å². The van der Waals surface area contributed by atoms with E-state index >= 15 is 0 Å². The van der Waals surface area contributed by atoms with Crippen LogP contribution in [0.25, 0.3) is 0 Å². The third-order valence-electron chi connectivity index (χ3n) is 3.70.